The van der Waals surface area contributed by atoms with Crippen molar-refractivity contribution in [3.8, 4) is 0 Å². The zero-order chi connectivity index (χ0) is 15.0. The number of halogens is 1. The summed E-state index contributed by atoms with van der Waals surface area (Å²) in [6.45, 7) is 4.11. The Bertz CT molecular complexity index is 500. The van der Waals surface area contributed by atoms with E-state index in [4.69, 9.17) is 10.3 Å². The van der Waals surface area contributed by atoms with Crippen LogP contribution in [0.4, 0.5) is 4.39 Å². The van der Waals surface area contributed by atoms with E-state index in [9.17, 15) is 9.18 Å². The summed E-state index contributed by atoms with van der Waals surface area (Å²) in [5.74, 6) is -0.846. The average Bonchev–Trinajstić information content (AvgIpc) is 2.44. The first-order valence-electron chi connectivity index (χ1n) is 6.23. The molecule has 0 saturated carbocycles. The highest BCUT2D eigenvalue weighted by molar-refractivity contribution is 5.82. The molecule has 0 aliphatic heterocycles. The van der Waals surface area contributed by atoms with Gasteiger partial charge in [-0.2, -0.15) is 0 Å². The van der Waals surface area contributed by atoms with Crippen molar-refractivity contribution in [3.05, 3.63) is 46.1 Å². The number of nitrogens with zero attached hydrogens (tertiary/aromatic N) is 3. The molecule has 1 atom stereocenters. The number of ether oxygens (including phenoxy) is 1. The van der Waals surface area contributed by atoms with Gasteiger partial charge in [-0.05, 0) is 37.1 Å². The van der Waals surface area contributed by atoms with Gasteiger partial charge in [-0.25, -0.2) is 9.18 Å². The van der Waals surface area contributed by atoms with Gasteiger partial charge in [0.1, 0.15) is 11.4 Å². The van der Waals surface area contributed by atoms with Crippen molar-refractivity contribution in [2.75, 3.05) is 19.7 Å². The second-order valence-corrected chi connectivity index (χ2v) is 4.23. The van der Waals surface area contributed by atoms with Crippen LogP contribution in [0.15, 0.2) is 29.4 Å². The summed E-state index contributed by atoms with van der Waals surface area (Å²) < 4.78 is 18.0. The minimum atomic E-state index is -1.12. The highest BCUT2D eigenvalue weighted by Crippen LogP contribution is 2.22. The molecule has 1 N–H and O–H groups in total. The van der Waals surface area contributed by atoms with Gasteiger partial charge in [0.05, 0.1) is 6.61 Å². The summed E-state index contributed by atoms with van der Waals surface area (Å²) in [4.78, 5) is 14.8. The van der Waals surface area contributed by atoms with Crippen LogP contribution in [0.1, 0.15) is 19.4 Å². The van der Waals surface area contributed by atoms with Crippen LogP contribution < -0.4 is 5.32 Å². The molecule has 20 heavy (non-hydrogen) atoms. The molecular weight excluding hydrogens is 263 g/mol. The monoisotopic (exact) mass is 280 g/mol. The Labute approximate surface area is 116 Å². The van der Waals surface area contributed by atoms with E-state index in [1.807, 2.05) is 0 Å². The van der Waals surface area contributed by atoms with E-state index in [1.54, 1.807) is 13.8 Å². The lowest BCUT2D eigenvalue weighted by molar-refractivity contribution is -0.151. The molecule has 0 heterocycles. The third-order valence-electron chi connectivity index (χ3n) is 2.86. The Morgan fingerprint density at radius 1 is 1.50 bits per heavy atom. The van der Waals surface area contributed by atoms with E-state index in [2.05, 4.69) is 15.3 Å². The van der Waals surface area contributed by atoms with Gasteiger partial charge in [0.25, 0.3) is 0 Å². The molecule has 0 aromatic heterocycles. The molecule has 1 aromatic rings. The molecule has 1 rings (SSSR count). The van der Waals surface area contributed by atoms with Crippen molar-refractivity contribution in [2.24, 2.45) is 5.11 Å². The Kier molecular flexibility index (Phi) is 5.96. The van der Waals surface area contributed by atoms with E-state index in [1.165, 1.54) is 24.3 Å². The van der Waals surface area contributed by atoms with Crippen LogP contribution in [-0.2, 0) is 15.1 Å². The van der Waals surface area contributed by atoms with Crippen LogP contribution in [0.2, 0.25) is 0 Å². The highest BCUT2D eigenvalue weighted by Gasteiger charge is 2.36. The molecule has 0 fully saturated rings. The predicted molar refractivity (Wildman–Crippen MR) is 72.4 cm³/mol. The van der Waals surface area contributed by atoms with Gasteiger partial charge >= 0.3 is 5.97 Å². The molecular formula is C13H17FN4O2. The quantitative estimate of drug-likeness (QED) is 0.274. The molecule has 7 heteroatoms. The molecule has 0 saturated heterocycles. The van der Waals surface area contributed by atoms with Crippen LogP contribution >= 0.6 is 0 Å². The molecule has 1 aromatic carbocycles. The average molecular weight is 280 g/mol. The van der Waals surface area contributed by atoms with Crippen LogP contribution in [0, 0.1) is 5.82 Å². The largest absolute Gasteiger partial charge is 0.464 e. The van der Waals surface area contributed by atoms with E-state index >= 15 is 0 Å². The molecule has 0 spiro atoms. The number of esters is 1. The van der Waals surface area contributed by atoms with Gasteiger partial charge in [-0.3, -0.25) is 5.32 Å². The van der Waals surface area contributed by atoms with Crippen LogP contribution in [0.3, 0.4) is 0 Å². The van der Waals surface area contributed by atoms with E-state index in [-0.39, 0.29) is 19.0 Å². The van der Waals surface area contributed by atoms with Gasteiger partial charge in [0, 0.05) is 18.0 Å². The lowest BCUT2D eigenvalue weighted by Gasteiger charge is -2.29. The van der Waals surface area contributed by atoms with Crippen LogP contribution in [0.5, 0.6) is 0 Å². The first kappa shape index (κ1) is 15.9. The smallest absolute Gasteiger partial charge is 0.330 e. The number of azide groups is 1. The second-order valence-electron chi connectivity index (χ2n) is 4.23. The fourth-order valence-corrected chi connectivity index (χ4v) is 1.75. The van der Waals surface area contributed by atoms with Gasteiger partial charge in [-0.1, -0.05) is 17.2 Å². The molecule has 108 valence electrons. The Morgan fingerprint density at radius 2 is 2.15 bits per heavy atom. The molecule has 0 aliphatic carbocycles. The number of nitrogens with one attached hydrogen (secondary N) is 1. The van der Waals surface area contributed by atoms with E-state index in [0.717, 1.165) is 0 Å². The fraction of sp³-hybridized carbons (Fsp3) is 0.462. The second kappa shape index (κ2) is 7.47. The van der Waals surface area contributed by atoms with E-state index in [0.29, 0.717) is 12.1 Å². The number of rotatable bonds is 7. The molecule has 0 bridgehead atoms. The van der Waals surface area contributed by atoms with Crippen molar-refractivity contribution >= 4 is 5.97 Å². The van der Waals surface area contributed by atoms with Crippen molar-refractivity contribution in [1.82, 2.24) is 5.32 Å². The minimum Gasteiger partial charge on any atom is -0.464 e. The Morgan fingerprint density at radius 3 is 2.70 bits per heavy atom. The summed E-state index contributed by atoms with van der Waals surface area (Å²) >= 11 is 0. The number of hydrogen-bond donors (Lipinski definition) is 1. The third-order valence-corrected chi connectivity index (χ3v) is 2.86. The normalized spacial score (nSPS) is 13.2. The maximum Gasteiger partial charge on any atom is 0.330 e. The Hall–Kier alpha value is -2.11. The topological polar surface area (TPSA) is 87.1 Å². The zero-order valence-electron chi connectivity index (χ0n) is 11.5. The highest BCUT2D eigenvalue weighted by atomic mass is 19.1. The van der Waals surface area contributed by atoms with Crippen molar-refractivity contribution in [1.29, 1.82) is 0 Å². The molecule has 6 nitrogen and oxygen atoms in total. The molecule has 0 amide bonds. The maximum atomic E-state index is 13.0. The van der Waals surface area contributed by atoms with Gasteiger partial charge in [0.15, 0.2) is 0 Å². The summed E-state index contributed by atoms with van der Waals surface area (Å²) in [7, 11) is 0. The van der Waals surface area contributed by atoms with Crippen LogP contribution in [0.25, 0.3) is 10.4 Å². The lowest BCUT2D eigenvalue weighted by Crippen LogP contribution is -2.48. The van der Waals surface area contributed by atoms with Crippen LogP contribution in [-0.4, -0.2) is 25.7 Å². The third kappa shape index (κ3) is 3.94. The summed E-state index contributed by atoms with van der Waals surface area (Å²) in [5, 5.41) is 6.38. The van der Waals surface area contributed by atoms with Gasteiger partial charge in [-0.15, -0.1) is 0 Å². The minimum absolute atomic E-state index is 0.201. The predicted octanol–water partition coefficient (Wildman–Crippen LogP) is 2.50. The Balaban J connectivity index is 2.96. The number of hydrogen-bond acceptors (Lipinski definition) is 4. The zero-order valence-corrected chi connectivity index (χ0v) is 11.5. The van der Waals surface area contributed by atoms with Crippen molar-refractivity contribution in [3.63, 3.8) is 0 Å². The SMILES string of the molecule is CCOC(=O)C(C)(NCCN=[N+]=[N-])c1ccc(F)cc1. The maximum absolute atomic E-state index is 13.0. The summed E-state index contributed by atoms with van der Waals surface area (Å²) in [5.41, 5.74) is 7.70. The fourth-order valence-electron chi connectivity index (χ4n) is 1.75. The molecule has 1 unspecified atom stereocenters. The number of carbonyl (C=O) groups is 1. The van der Waals surface area contributed by atoms with Gasteiger partial charge < -0.3 is 4.74 Å². The first-order chi connectivity index (χ1) is 9.54. The van der Waals surface area contributed by atoms with Crippen molar-refractivity contribution in [2.45, 2.75) is 19.4 Å². The standard InChI is InChI=1S/C13H17FN4O2/c1-3-20-12(19)13(2,16-8-9-17-18-15)10-4-6-11(14)7-5-10/h4-7,16H,3,8-9H2,1-2H3. The summed E-state index contributed by atoms with van der Waals surface area (Å²) in [6.07, 6.45) is 0. The van der Waals surface area contributed by atoms with E-state index < -0.39 is 11.5 Å². The van der Waals surface area contributed by atoms with Gasteiger partial charge in [0.2, 0.25) is 0 Å². The molecule has 0 radical (unpaired) electrons. The lowest BCUT2D eigenvalue weighted by atomic mass is 9.92. The number of benzene rings is 1. The first-order valence-corrected chi connectivity index (χ1v) is 6.23. The molecule has 0 aliphatic rings. The van der Waals surface area contributed by atoms with Crippen molar-refractivity contribution < 1.29 is 13.9 Å². The number of carbonyl (C=O) groups excluding carboxylic acids is 1. The summed E-state index contributed by atoms with van der Waals surface area (Å²) in [6, 6.07) is 5.60.